The van der Waals surface area contributed by atoms with E-state index in [-0.39, 0.29) is 50.7 Å². The van der Waals surface area contributed by atoms with Gasteiger partial charge < -0.3 is 45.9 Å². The standard InChI is InChI=1S/C34H35N7O5.C34H33N7O4/c1-34(2,3)23-9-12-25-22(17-23)18-36-41(33(25)45)29-6-4-5-28(27(29)20-42)40-19-26(30(35)43)31(38-40)37-24-10-7-21(8-11-24)32(44)39-13-15-46-16-14-39;1-34(2,3)25-9-12-27-23(17-25)19-36-41(33(27)44)30-6-4-5-29(28(30)21-42)40-20-24(18-35)31(38-40)37-26-10-7-22(8-11-26)32(43)39-13-15-45-16-14-39/h4-12,17-19,42H,13-16,20H2,1-3H3,(H2,35,43)(H,37,38);4-12,17,19-20,42H,13-16,21H2,1-3H3,(H,37,38). The number of aromatic nitrogens is 8. The number of nitriles is 1. The van der Waals surface area contributed by atoms with Crippen LogP contribution < -0.4 is 27.5 Å². The van der Waals surface area contributed by atoms with Crippen molar-refractivity contribution in [1.29, 1.82) is 5.26 Å². The number of primary amides is 1. The van der Waals surface area contributed by atoms with Gasteiger partial charge in [0.05, 0.1) is 91.8 Å². The normalized spacial score (nSPS) is 13.6. The molecule has 0 spiro atoms. The van der Waals surface area contributed by atoms with Crippen molar-refractivity contribution in [2.24, 2.45) is 5.73 Å². The number of carbonyl (C=O) groups excluding carboxylic acids is 3. The zero-order valence-electron chi connectivity index (χ0n) is 51.2. The highest BCUT2D eigenvalue weighted by molar-refractivity contribution is 5.99. The SMILES string of the molecule is CC(C)(C)c1ccc2c(=O)n(-c3cccc(-n4cc(C#N)c(Nc5ccc(C(=O)N6CCOCC6)cc5)n4)c3CO)ncc2c1.CC(C)(C)c1ccc2c(=O)n(-c3cccc(-n4cc(C(N)=O)c(Nc5ccc(C(=O)N6CCOCC6)cc5)n4)c3CO)ncc2c1. The van der Waals surface area contributed by atoms with Crippen molar-refractivity contribution in [3.8, 4) is 28.8 Å². The van der Waals surface area contributed by atoms with E-state index in [9.17, 15) is 39.4 Å². The molecule has 0 bridgehead atoms. The first-order valence-electron chi connectivity index (χ1n) is 29.6. The highest BCUT2D eigenvalue weighted by Gasteiger charge is 2.25. The second-order valence-electron chi connectivity index (χ2n) is 24.1. The summed E-state index contributed by atoms with van der Waals surface area (Å²) in [7, 11) is 0. The molecule has 464 valence electrons. The lowest BCUT2D eigenvalue weighted by Crippen LogP contribution is -2.40. The Bertz CT molecular complexity index is 4580. The van der Waals surface area contributed by atoms with Gasteiger partial charge in [-0.3, -0.25) is 24.0 Å². The molecule has 91 heavy (non-hydrogen) atoms. The third-order valence-electron chi connectivity index (χ3n) is 16.0. The van der Waals surface area contributed by atoms with Crippen LogP contribution in [0.4, 0.5) is 23.0 Å². The van der Waals surface area contributed by atoms with E-state index in [0.29, 0.717) is 126 Å². The highest BCUT2D eigenvalue weighted by Crippen LogP contribution is 2.31. The number of nitrogens with one attached hydrogen (secondary N) is 2. The number of aliphatic hydroxyl groups excluding tert-OH is 2. The Morgan fingerprint density at radius 1 is 0.571 bits per heavy atom. The Kier molecular flexibility index (Phi) is 17.6. The topological polar surface area (TPSA) is 296 Å². The van der Waals surface area contributed by atoms with Gasteiger partial charge in [-0.25, -0.2) is 9.36 Å². The predicted octanol–water partition coefficient (Wildman–Crippen LogP) is 8.12. The van der Waals surface area contributed by atoms with Crippen LogP contribution in [0.2, 0.25) is 0 Å². The number of hydrogen-bond acceptors (Lipinski definition) is 16. The fourth-order valence-electron chi connectivity index (χ4n) is 10.9. The number of aliphatic hydroxyl groups is 2. The van der Waals surface area contributed by atoms with E-state index in [1.54, 1.807) is 119 Å². The van der Waals surface area contributed by atoms with Gasteiger partial charge in [-0.2, -0.15) is 24.8 Å². The molecule has 0 radical (unpaired) electrons. The summed E-state index contributed by atoms with van der Waals surface area (Å²) in [5.41, 5.74) is 12.3. The van der Waals surface area contributed by atoms with Crippen LogP contribution in [0.15, 0.2) is 156 Å². The Labute approximate surface area is 523 Å². The molecule has 12 rings (SSSR count). The molecule has 6 N–H and O–H groups in total. The molecule has 2 aliphatic rings. The van der Waals surface area contributed by atoms with Crippen molar-refractivity contribution < 1.29 is 34.1 Å². The van der Waals surface area contributed by atoms with Crippen molar-refractivity contribution in [1.82, 2.24) is 48.9 Å². The molecular weight excluding hydrogens is 1160 g/mol. The molecule has 23 heteroatoms. The van der Waals surface area contributed by atoms with Gasteiger partial charge in [-0.1, -0.05) is 65.8 Å². The number of carbonyl (C=O) groups is 3. The summed E-state index contributed by atoms with van der Waals surface area (Å²) in [5, 5.41) is 57.7. The minimum absolute atomic E-state index is 0.0575. The first-order valence-corrected chi connectivity index (χ1v) is 29.6. The van der Waals surface area contributed by atoms with Gasteiger partial charge in [0.2, 0.25) is 0 Å². The number of ether oxygens (including phenoxy) is 2. The average Bonchev–Trinajstić information content (AvgIpc) is 1.53. The number of nitrogens with zero attached hydrogens (tertiary/aromatic N) is 11. The quantitative estimate of drug-likeness (QED) is 0.0728. The molecule has 23 nitrogen and oxygen atoms in total. The molecule has 4 aromatic heterocycles. The Morgan fingerprint density at radius 3 is 1.38 bits per heavy atom. The summed E-state index contributed by atoms with van der Waals surface area (Å²) in [4.78, 5) is 68.8. The lowest BCUT2D eigenvalue weighted by molar-refractivity contribution is 0.0301. The molecule has 2 fully saturated rings. The second-order valence-corrected chi connectivity index (χ2v) is 24.1. The van der Waals surface area contributed by atoms with Gasteiger partial charge >= 0.3 is 0 Å². The van der Waals surface area contributed by atoms with Gasteiger partial charge in [0, 0.05) is 76.8 Å². The fourth-order valence-corrected chi connectivity index (χ4v) is 10.9. The molecule has 2 aliphatic heterocycles. The van der Waals surface area contributed by atoms with Crippen molar-refractivity contribution in [2.75, 3.05) is 63.2 Å². The molecule has 6 aromatic carbocycles. The van der Waals surface area contributed by atoms with Crippen LogP contribution in [0.3, 0.4) is 0 Å². The van der Waals surface area contributed by atoms with Gasteiger partial charge in [-0.15, -0.1) is 10.2 Å². The van der Waals surface area contributed by atoms with Gasteiger partial charge in [0.15, 0.2) is 11.6 Å². The maximum absolute atomic E-state index is 13.6. The lowest BCUT2D eigenvalue weighted by atomic mass is 9.86. The molecule has 0 atom stereocenters. The van der Waals surface area contributed by atoms with Gasteiger partial charge in [0.25, 0.3) is 28.8 Å². The summed E-state index contributed by atoms with van der Waals surface area (Å²) in [5.74, 6) is -0.364. The minimum Gasteiger partial charge on any atom is -0.392 e. The number of morpholine rings is 2. The van der Waals surface area contributed by atoms with E-state index in [2.05, 4.69) is 78.6 Å². The average molecular weight is 1230 g/mol. The number of fused-ring (bicyclic) bond motifs is 2. The molecule has 10 aromatic rings. The molecule has 0 unspecified atom stereocenters. The number of anilines is 4. The summed E-state index contributed by atoms with van der Waals surface area (Å²) in [6, 6.07) is 37.8. The minimum atomic E-state index is -0.711. The van der Waals surface area contributed by atoms with Crippen molar-refractivity contribution in [2.45, 2.75) is 65.6 Å². The molecule has 2 saturated heterocycles. The van der Waals surface area contributed by atoms with Crippen LogP contribution in [0.25, 0.3) is 44.3 Å². The van der Waals surface area contributed by atoms with E-state index in [4.69, 9.17) is 15.2 Å². The zero-order valence-corrected chi connectivity index (χ0v) is 51.2. The summed E-state index contributed by atoms with van der Waals surface area (Å²) in [6.07, 6.45) is 6.31. The van der Waals surface area contributed by atoms with E-state index >= 15 is 0 Å². The Morgan fingerprint density at radius 2 is 0.978 bits per heavy atom. The van der Waals surface area contributed by atoms with E-state index in [0.717, 1.165) is 21.9 Å². The number of hydrogen-bond donors (Lipinski definition) is 5. The molecule has 6 heterocycles. The van der Waals surface area contributed by atoms with Crippen LogP contribution in [0.5, 0.6) is 0 Å². The third kappa shape index (κ3) is 13.0. The predicted molar refractivity (Wildman–Crippen MR) is 344 cm³/mol. The molecule has 0 aliphatic carbocycles. The van der Waals surface area contributed by atoms with Crippen LogP contribution in [-0.2, 0) is 33.5 Å². The Balaban J connectivity index is 0.000000187. The monoisotopic (exact) mass is 1220 g/mol. The summed E-state index contributed by atoms with van der Waals surface area (Å²) in [6.45, 7) is 16.1. The maximum Gasteiger partial charge on any atom is 0.279 e. The molecule has 3 amide bonds. The first-order chi connectivity index (χ1) is 43.7. The van der Waals surface area contributed by atoms with E-state index < -0.39 is 19.1 Å². The van der Waals surface area contributed by atoms with Crippen molar-refractivity contribution in [3.63, 3.8) is 0 Å². The van der Waals surface area contributed by atoms with Crippen LogP contribution in [0, 0.1) is 11.3 Å². The number of rotatable bonds is 13. The van der Waals surface area contributed by atoms with Gasteiger partial charge in [-0.05, 0) is 119 Å². The largest absolute Gasteiger partial charge is 0.392 e. The van der Waals surface area contributed by atoms with Crippen LogP contribution >= 0.6 is 0 Å². The van der Waals surface area contributed by atoms with Crippen LogP contribution in [-0.4, -0.2) is 129 Å². The van der Waals surface area contributed by atoms with Crippen LogP contribution in [0.1, 0.15) is 100 Å². The zero-order chi connectivity index (χ0) is 64.3. The fraction of sp³-hybridized carbons (Fsp3) is 0.265. The van der Waals surface area contributed by atoms with E-state index in [1.807, 2.05) is 30.3 Å². The summed E-state index contributed by atoms with van der Waals surface area (Å²) < 4.78 is 16.1. The maximum atomic E-state index is 13.6. The lowest BCUT2D eigenvalue weighted by Gasteiger charge is -2.26. The number of amides is 3. The Hall–Kier alpha value is -10.6. The third-order valence-corrected chi connectivity index (χ3v) is 16.0. The van der Waals surface area contributed by atoms with E-state index in [1.165, 1.54) is 24.9 Å². The second kappa shape index (κ2) is 25.8. The van der Waals surface area contributed by atoms with Crippen molar-refractivity contribution in [3.05, 3.63) is 211 Å². The van der Waals surface area contributed by atoms with Gasteiger partial charge in [0.1, 0.15) is 17.2 Å². The first kappa shape index (κ1) is 62.0. The van der Waals surface area contributed by atoms with Crippen molar-refractivity contribution >= 4 is 62.3 Å². The summed E-state index contributed by atoms with van der Waals surface area (Å²) >= 11 is 0. The number of benzene rings is 6. The highest BCUT2D eigenvalue weighted by atomic mass is 16.5. The number of nitrogens with two attached hydrogens (primary N) is 1. The molecular formula is C68H68N14O9. The molecule has 0 saturated carbocycles. The smallest absolute Gasteiger partial charge is 0.279 e.